The highest BCUT2D eigenvalue weighted by molar-refractivity contribution is 7.13. The molecule has 34 heavy (non-hydrogen) atoms. The summed E-state index contributed by atoms with van der Waals surface area (Å²) in [7, 11) is 0. The summed E-state index contributed by atoms with van der Waals surface area (Å²) in [4.78, 5) is 40.7. The Morgan fingerprint density at radius 2 is 1.76 bits per heavy atom. The minimum absolute atomic E-state index is 0.0170. The molecule has 8 nitrogen and oxygen atoms in total. The van der Waals surface area contributed by atoms with E-state index >= 15 is 0 Å². The van der Waals surface area contributed by atoms with E-state index < -0.39 is 0 Å². The number of amides is 3. The number of carbonyl (C=O) groups is 3. The van der Waals surface area contributed by atoms with Crippen molar-refractivity contribution in [3.05, 3.63) is 65.7 Å². The van der Waals surface area contributed by atoms with Gasteiger partial charge in [-0.2, -0.15) is 5.10 Å². The molecule has 1 saturated heterocycles. The number of carbonyl (C=O) groups excluding carboxylic acids is 3. The first-order valence-electron chi connectivity index (χ1n) is 11.2. The molecule has 176 valence electrons. The van der Waals surface area contributed by atoms with Crippen LogP contribution in [0.25, 0.3) is 22.3 Å². The Morgan fingerprint density at radius 3 is 2.44 bits per heavy atom. The summed E-state index contributed by atoms with van der Waals surface area (Å²) in [6.45, 7) is 3.97. The number of para-hydroxylation sites is 1. The van der Waals surface area contributed by atoms with Crippen molar-refractivity contribution < 1.29 is 14.4 Å². The summed E-state index contributed by atoms with van der Waals surface area (Å²) in [5.74, 6) is -0.252. The van der Waals surface area contributed by atoms with Crippen LogP contribution in [0.5, 0.6) is 0 Å². The molecule has 1 N–H and O–H groups in total. The highest BCUT2D eigenvalue weighted by Gasteiger charge is 2.22. The largest absolute Gasteiger partial charge is 0.352 e. The molecule has 0 unspecified atom stereocenters. The summed E-state index contributed by atoms with van der Waals surface area (Å²) in [6.07, 6.45) is 5.35. The maximum Gasteiger partial charge on any atom is 0.244 e. The van der Waals surface area contributed by atoms with Gasteiger partial charge in [0.25, 0.3) is 0 Å². The summed E-state index contributed by atoms with van der Waals surface area (Å²) >= 11 is 1.59. The van der Waals surface area contributed by atoms with Crippen LogP contribution >= 0.6 is 11.3 Å². The third kappa shape index (κ3) is 5.79. The molecule has 1 aliphatic heterocycles. The Hall–Kier alpha value is -3.72. The Bertz CT molecular complexity index is 1160. The van der Waals surface area contributed by atoms with Gasteiger partial charge < -0.3 is 15.1 Å². The van der Waals surface area contributed by atoms with Gasteiger partial charge in [0.1, 0.15) is 5.69 Å². The van der Waals surface area contributed by atoms with Crippen LogP contribution in [-0.4, -0.2) is 70.0 Å². The van der Waals surface area contributed by atoms with E-state index in [0.29, 0.717) is 26.2 Å². The van der Waals surface area contributed by atoms with Gasteiger partial charge in [0.15, 0.2) is 0 Å². The molecule has 2 aromatic heterocycles. The van der Waals surface area contributed by atoms with Gasteiger partial charge in [0, 0.05) is 63.9 Å². The lowest BCUT2D eigenvalue weighted by atomic mass is 10.2. The van der Waals surface area contributed by atoms with Crippen LogP contribution in [0.3, 0.4) is 0 Å². The average molecular weight is 478 g/mol. The number of nitrogens with one attached hydrogen (secondary N) is 1. The lowest BCUT2D eigenvalue weighted by Crippen LogP contribution is -2.50. The van der Waals surface area contributed by atoms with Crippen LogP contribution in [0.2, 0.25) is 0 Å². The molecule has 3 aromatic rings. The third-order valence-corrected chi connectivity index (χ3v) is 6.52. The summed E-state index contributed by atoms with van der Waals surface area (Å²) in [5, 5.41) is 9.50. The highest BCUT2D eigenvalue weighted by Crippen LogP contribution is 2.28. The van der Waals surface area contributed by atoms with Crippen molar-refractivity contribution in [3.63, 3.8) is 0 Å². The maximum absolute atomic E-state index is 12.4. The minimum Gasteiger partial charge on any atom is -0.352 e. The monoisotopic (exact) mass is 477 g/mol. The predicted molar refractivity (Wildman–Crippen MR) is 132 cm³/mol. The molecule has 3 heterocycles. The SMILES string of the molecule is CC(=O)N1CCN(C(=O)CCNC(=O)/C=C/c2cn(-c3ccccc3)nc2-c2cccs2)CC1. The number of rotatable bonds is 7. The smallest absolute Gasteiger partial charge is 0.244 e. The van der Waals surface area contributed by atoms with Crippen LogP contribution in [0.4, 0.5) is 0 Å². The second kappa shape index (κ2) is 10.9. The van der Waals surface area contributed by atoms with Crippen molar-refractivity contribution in [2.75, 3.05) is 32.7 Å². The van der Waals surface area contributed by atoms with Gasteiger partial charge >= 0.3 is 0 Å². The summed E-state index contributed by atoms with van der Waals surface area (Å²) in [6, 6.07) is 13.8. The zero-order valence-corrected chi connectivity index (χ0v) is 19.8. The predicted octanol–water partition coefficient (Wildman–Crippen LogP) is 2.81. The Kier molecular flexibility index (Phi) is 7.54. The quantitative estimate of drug-likeness (QED) is 0.530. The first kappa shape index (κ1) is 23.4. The van der Waals surface area contributed by atoms with Crippen LogP contribution in [0.15, 0.2) is 60.1 Å². The molecule has 0 bridgehead atoms. The zero-order valence-electron chi connectivity index (χ0n) is 19.0. The van der Waals surface area contributed by atoms with Crippen molar-refractivity contribution in [1.82, 2.24) is 24.9 Å². The average Bonchev–Trinajstić information content (AvgIpc) is 3.53. The Balaban J connectivity index is 1.33. The van der Waals surface area contributed by atoms with E-state index in [1.807, 2.05) is 54.0 Å². The molecule has 9 heteroatoms. The molecule has 1 aromatic carbocycles. The molecule has 1 fully saturated rings. The maximum atomic E-state index is 12.4. The number of thiophene rings is 1. The van der Waals surface area contributed by atoms with Gasteiger partial charge in [-0.15, -0.1) is 11.3 Å². The van der Waals surface area contributed by atoms with E-state index in [0.717, 1.165) is 21.8 Å². The van der Waals surface area contributed by atoms with Gasteiger partial charge in [-0.3, -0.25) is 14.4 Å². The highest BCUT2D eigenvalue weighted by atomic mass is 32.1. The van der Waals surface area contributed by atoms with Gasteiger partial charge in [-0.1, -0.05) is 24.3 Å². The van der Waals surface area contributed by atoms with Gasteiger partial charge in [-0.25, -0.2) is 4.68 Å². The van der Waals surface area contributed by atoms with E-state index in [1.165, 1.54) is 13.0 Å². The van der Waals surface area contributed by atoms with E-state index in [4.69, 9.17) is 5.10 Å². The molecule has 0 atom stereocenters. The fourth-order valence-corrected chi connectivity index (χ4v) is 4.50. The molecular weight excluding hydrogens is 450 g/mol. The lowest BCUT2D eigenvalue weighted by molar-refractivity contribution is -0.138. The Morgan fingerprint density at radius 1 is 1.03 bits per heavy atom. The number of piperazine rings is 1. The van der Waals surface area contributed by atoms with Crippen molar-refractivity contribution >= 4 is 35.1 Å². The summed E-state index contributed by atoms with van der Waals surface area (Å²) in [5.41, 5.74) is 2.58. The van der Waals surface area contributed by atoms with Crippen LogP contribution < -0.4 is 5.32 Å². The zero-order chi connectivity index (χ0) is 23.9. The fourth-order valence-electron chi connectivity index (χ4n) is 3.77. The van der Waals surface area contributed by atoms with E-state index in [1.54, 1.807) is 31.9 Å². The first-order chi connectivity index (χ1) is 16.5. The molecule has 4 rings (SSSR count). The summed E-state index contributed by atoms with van der Waals surface area (Å²) < 4.78 is 1.80. The minimum atomic E-state index is -0.265. The number of aromatic nitrogens is 2. The van der Waals surface area contributed by atoms with Gasteiger partial charge in [-0.05, 0) is 29.7 Å². The number of nitrogens with zero attached hydrogens (tertiary/aromatic N) is 4. The molecule has 0 saturated carbocycles. The topological polar surface area (TPSA) is 87.5 Å². The number of benzene rings is 1. The number of hydrogen-bond donors (Lipinski definition) is 1. The Labute approximate surface area is 202 Å². The van der Waals surface area contributed by atoms with E-state index in [-0.39, 0.29) is 30.7 Å². The first-order valence-corrected chi connectivity index (χ1v) is 12.1. The van der Waals surface area contributed by atoms with Crippen molar-refractivity contribution in [3.8, 4) is 16.3 Å². The van der Waals surface area contributed by atoms with E-state index in [9.17, 15) is 14.4 Å². The number of hydrogen-bond acceptors (Lipinski definition) is 5. The molecule has 1 aliphatic rings. The molecule has 0 radical (unpaired) electrons. The molecular formula is C25H27N5O3S. The van der Waals surface area contributed by atoms with Crippen LogP contribution in [-0.2, 0) is 14.4 Å². The lowest BCUT2D eigenvalue weighted by Gasteiger charge is -2.34. The molecule has 3 amide bonds. The van der Waals surface area contributed by atoms with E-state index in [2.05, 4.69) is 5.32 Å². The molecule has 0 spiro atoms. The van der Waals surface area contributed by atoms with Gasteiger partial charge in [0.2, 0.25) is 17.7 Å². The normalized spacial score (nSPS) is 13.9. The van der Waals surface area contributed by atoms with Crippen molar-refractivity contribution in [2.24, 2.45) is 0 Å². The molecule has 0 aliphatic carbocycles. The fraction of sp³-hybridized carbons (Fsp3) is 0.280. The second-order valence-electron chi connectivity index (χ2n) is 7.95. The van der Waals surface area contributed by atoms with Crippen LogP contribution in [0.1, 0.15) is 18.9 Å². The second-order valence-corrected chi connectivity index (χ2v) is 8.90. The third-order valence-electron chi connectivity index (χ3n) is 5.65. The van der Waals surface area contributed by atoms with Crippen LogP contribution in [0, 0.1) is 0 Å². The van der Waals surface area contributed by atoms with Crippen molar-refractivity contribution in [1.29, 1.82) is 0 Å². The van der Waals surface area contributed by atoms with Crippen molar-refractivity contribution in [2.45, 2.75) is 13.3 Å². The van der Waals surface area contributed by atoms with Gasteiger partial charge in [0.05, 0.1) is 10.6 Å². The standard InChI is InChI=1S/C25H27N5O3S/c1-19(31)28-13-15-29(16-14-28)24(33)11-12-26-23(32)10-9-20-18-30(21-6-3-2-4-7-21)27-25(20)22-8-5-17-34-22/h2-10,17-18H,11-16H2,1H3,(H,26,32)/b10-9+.